The van der Waals surface area contributed by atoms with Crippen molar-refractivity contribution < 1.29 is 22.3 Å². The first-order valence-corrected chi connectivity index (χ1v) is 11.0. The highest BCUT2D eigenvalue weighted by atomic mass is 35.5. The van der Waals surface area contributed by atoms with Crippen LogP contribution in [0.3, 0.4) is 0 Å². The summed E-state index contributed by atoms with van der Waals surface area (Å²) < 4.78 is 44.9. The number of amides is 1. The molecule has 0 aromatic heterocycles. The molecular formula is C20H24ClFN2O4S. The SMILES string of the molecule is CC(CNS(=O)(=O)C(C)C)c1ccc(NC(=O)COc2ccc(Cl)c(F)c2)cc1. The van der Waals surface area contributed by atoms with Crippen LogP contribution in [0.1, 0.15) is 32.3 Å². The van der Waals surface area contributed by atoms with Gasteiger partial charge in [-0.25, -0.2) is 17.5 Å². The summed E-state index contributed by atoms with van der Waals surface area (Å²) in [5, 5.41) is 2.17. The molecule has 0 fully saturated rings. The van der Waals surface area contributed by atoms with Crippen molar-refractivity contribution in [3.8, 4) is 5.75 Å². The van der Waals surface area contributed by atoms with Crippen LogP contribution < -0.4 is 14.8 Å². The van der Waals surface area contributed by atoms with E-state index in [2.05, 4.69) is 10.0 Å². The predicted octanol–water partition coefficient (Wildman–Crippen LogP) is 3.93. The Balaban J connectivity index is 1.86. The van der Waals surface area contributed by atoms with Crippen LogP contribution in [0, 0.1) is 5.82 Å². The first-order valence-electron chi connectivity index (χ1n) is 9.04. The van der Waals surface area contributed by atoms with Crippen LogP contribution in [0.2, 0.25) is 5.02 Å². The number of anilines is 1. The molecule has 0 aliphatic carbocycles. The van der Waals surface area contributed by atoms with Crippen LogP contribution in [0.4, 0.5) is 10.1 Å². The average Bonchev–Trinajstić information content (AvgIpc) is 2.67. The Labute approximate surface area is 175 Å². The lowest BCUT2D eigenvalue weighted by atomic mass is 10.0. The molecule has 2 rings (SSSR count). The lowest BCUT2D eigenvalue weighted by Crippen LogP contribution is -2.33. The van der Waals surface area contributed by atoms with E-state index in [9.17, 15) is 17.6 Å². The van der Waals surface area contributed by atoms with E-state index in [1.54, 1.807) is 26.0 Å². The highest BCUT2D eigenvalue weighted by Crippen LogP contribution is 2.21. The number of hydrogen-bond donors (Lipinski definition) is 2. The second-order valence-electron chi connectivity index (χ2n) is 6.88. The minimum atomic E-state index is -3.31. The third kappa shape index (κ3) is 6.99. The van der Waals surface area contributed by atoms with Crippen molar-refractivity contribution in [2.75, 3.05) is 18.5 Å². The predicted molar refractivity (Wildman–Crippen MR) is 112 cm³/mol. The lowest BCUT2D eigenvalue weighted by molar-refractivity contribution is -0.118. The average molecular weight is 443 g/mol. The Kier molecular flexibility index (Phi) is 8.01. The Hall–Kier alpha value is -2.16. The van der Waals surface area contributed by atoms with Gasteiger partial charge in [-0.05, 0) is 49.6 Å². The van der Waals surface area contributed by atoms with Crippen molar-refractivity contribution in [2.24, 2.45) is 0 Å². The van der Waals surface area contributed by atoms with Crippen molar-refractivity contribution in [1.82, 2.24) is 4.72 Å². The molecule has 2 aromatic rings. The molecule has 9 heteroatoms. The van der Waals surface area contributed by atoms with Crippen LogP contribution in [-0.4, -0.2) is 32.7 Å². The molecule has 0 aliphatic heterocycles. The van der Waals surface area contributed by atoms with E-state index in [1.165, 1.54) is 12.1 Å². The maximum atomic E-state index is 13.4. The van der Waals surface area contributed by atoms with Crippen molar-refractivity contribution in [3.63, 3.8) is 0 Å². The maximum Gasteiger partial charge on any atom is 0.262 e. The van der Waals surface area contributed by atoms with Crippen LogP contribution in [0.25, 0.3) is 0 Å². The van der Waals surface area contributed by atoms with Crippen LogP contribution in [0.15, 0.2) is 42.5 Å². The Bertz CT molecular complexity index is 949. The van der Waals surface area contributed by atoms with Gasteiger partial charge in [-0.2, -0.15) is 0 Å². The summed E-state index contributed by atoms with van der Waals surface area (Å²) in [7, 11) is -3.31. The number of nitrogens with one attached hydrogen (secondary N) is 2. The molecule has 0 saturated carbocycles. The third-order valence-electron chi connectivity index (χ3n) is 4.24. The Morgan fingerprint density at radius 2 is 1.79 bits per heavy atom. The van der Waals surface area contributed by atoms with Gasteiger partial charge < -0.3 is 10.1 Å². The zero-order valence-corrected chi connectivity index (χ0v) is 18.0. The molecule has 0 spiro atoms. The fraction of sp³-hybridized carbons (Fsp3) is 0.350. The van der Waals surface area contributed by atoms with Crippen molar-refractivity contribution in [2.45, 2.75) is 31.9 Å². The molecule has 2 N–H and O–H groups in total. The van der Waals surface area contributed by atoms with Crippen LogP contribution >= 0.6 is 11.6 Å². The first kappa shape index (κ1) is 23.1. The molecule has 1 amide bonds. The fourth-order valence-corrected chi connectivity index (χ4v) is 3.27. The van der Waals surface area contributed by atoms with E-state index < -0.39 is 27.0 Å². The van der Waals surface area contributed by atoms with Gasteiger partial charge in [0.1, 0.15) is 11.6 Å². The van der Waals surface area contributed by atoms with E-state index in [1.807, 2.05) is 19.1 Å². The largest absolute Gasteiger partial charge is 0.484 e. The molecule has 6 nitrogen and oxygen atoms in total. The van der Waals surface area contributed by atoms with Crippen molar-refractivity contribution in [1.29, 1.82) is 0 Å². The summed E-state index contributed by atoms with van der Waals surface area (Å²) in [5.41, 5.74) is 1.50. The fourth-order valence-electron chi connectivity index (χ4n) is 2.33. The molecule has 0 saturated heterocycles. The van der Waals surface area contributed by atoms with Crippen LogP contribution in [-0.2, 0) is 14.8 Å². The summed E-state index contributed by atoms with van der Waals surface area (Å²) in [6.45, 7) is 5.17. The van der Waals surface area contributed by atoms with Gasteiger partial charge in [0.15, 0.2) is 6.61 Å². The normalized spacial score (nSPS) is 12.6. The molecular weight excluding hydrogens is 419 g/mol. The minimum absolute atomic E-state index is 0.0203. The van der Waals surface area contributed by atoms with E-state index in [4.69, 9.17) is 16.3 Å². The molecule has 158 valence electrons. The van der Waals surface area contributed by atoms with Gasteiger partial charge >= 0.3 is 0 Å². The summed E-state index contributed by atoms with van der Waals surface area (Å²) in [6.07, 6.45) is 0. The monoisotopic (exact) mass is 442 g/mol. The minimum Gasteiger partial charge on any atom is -0.484 e. The molecule has 0 heterocycles. The van der Waals surface area contributed by atoms with Gasteiger partial charge in [-0.3, -0.25) is 4.79 Å². The molecule has 0 radical (unpaired) electrons. The number of ether oxygens (including phenoxy) is 1. The molecule has 0 bridgehead atoms. The van der Waals surface area contributed by atoms with E-state index in [0.29, 0.717) is 5.69 Å². The summed E-state index contributed by atoms with van der Waals surface area (Å²) in [5.74, 6) is -0.845. The van der Waals surface area contributed by atoms with Crippen molar-refractivity contribution in [3.05, 3.63) is 58.9 Å². The highest BCUT2D eigenvalue weighted by Gasteiger charge is 2.17. The summed E-state index contributed by atoms with van der Waals surface area (Å²) in [6, 6.07) is 11.0. The van der Waals surface area contributed by atoms with Gasteiger partial charge in [0, 0.05) is 18.3 Å². The first-order chi connectivity index (χ1) is 13.6. The smallest absolute Gasteiger partial charge is 0.262 e. The van der Waals surface area contributed by atoms with Gasteiger partial charge in [0.05, 0.1) is 10.3 Å². The third-order valence-corrected chi connectivity index (χ3v) is 6.35. The number of carbonyl (C=O) groups is 1. The second-order valence-corrected chi connectivity index (χ2v) is 9.61. The highest BCUT2D eigenvalue weighted by molar-refractivity contribution is 7.90. The molecule has 1 unspecified atom stereocenters. The standard InChI is InChI=1S/C20H24ClFN2O4S/c1-13(2)29(26,27)23-11-14(3)15-4-6-16(7-5-15)24-20(25)12-28-17-8-9-18(21)19(22)10-17/h4-10,13-14,23H,11-12H2,1-3H3,(H,24,25). The van der Waals surface area contributed by atoms with Crippen molar-refractivity contribution >= 4 is 33.2 Å². The van der Waals surface area contributed by atoms with Gasteiger partial charge in [-0.15, -0.1) is 0 Å². The summed E-state index contributed by atoms with van der Waals surface area (Å²) in [4.78, 5) is 12.0. The number of rotatable bonds is 9. The van der Waals surface area contributed by atoms with E-state index in [-0.39, 0.29) is 29.8 Å². The molecule has 29 heavy (non-hydrogen) atoms. The maximum absolute atomic E-state index is 13.4. The quantitative estimate of drug-likeness (QED) is 0.616. The number of sulfonamides is 1. The zero-order chi connectivity index (χ0) is 21.6. The number of benzene rings is 2. The van der Waals surface area contributed by atoms with E-state index in [0.717, 1.165) is 11.6 Å². The number of halogens is 2. The zero-order valence-electron chi connectivity index (χ0n) is 16.4. The number of carbonyl (C=O) groups excluding carboxylic acids is 1. The lowest BCUT2D eigenvalue weighted by Gasteiger charge is -2.15. The number of hydrogen-bond acceptors (Lipinski definition) is 4. The van der Waals surface area contributed by atoms with Gasteiger partial charge in [-0.1, -0.05) is 30.7 Å². The van der Waals surface area contributed by atoms with Crippen LogP contribution in [0.5, 0.6) is 5.75 Å². The van der Waals surface area contributed by atoms with Gasteiger partial charge in [0.25, 0.3) is 5.91 Å². The molecule has 2 aromatic carbocycles. The second kappa shape index (κ2) is 10.0. The Morgan fingerprint density at radius 1 is 1.14 bits per heavy atom. The topological polar surface area (TPSA) is 84.5 Å². The molecule has 0 aliphatic rings. The van der Waals surface area contributed by atoms with E-state index >= 15 is 0 Å². The molecule has 1 atom stereocenters. The summed E-state index contributed by atoms with van der Waals surface area (Å²) >= 11 is 5.60. The van der Waals surface area contributed by atoms with Gasteiger partial charge in [0.2, 0.25) is 10.0 Å². The Morgan fingerprint density at radius 3 is 2.38 bits per heavy atom.